The van der Waals surface area contributed by atoms with E-state index in [1.165, 1.54) is 6.07 Å². The highest BCUT2D eigenvalue weighted by Gasteiger charge is 2.26. The smallest absolute Gasteiger partial charge is 0.339 e. The Hall–Kier alpha value is -2.11. The van der Waals surface area contributed by atoms with Crippen molar-refractivity contribution < 1.29 is 23.9 Å². The van der Waals surface area contributed by atoms with Crippen LogP contribution in [0.25, 0.3) is 0 Å². The predicted octanol–water partition coefficient (Wildman–Crippen LogP) is 1.72. The van der Waals surface area contributed by atoms with E-state index in [-0.39, 0.29) is 29.7 Å². The second-order valence-corrected chi connectivity index (χ2v) is 4.57. The van der Waals surface area contributed by atoms with Gasteiger partial charge in [0.05, 0.1) is 6.54 Å². The first kappa shape index (κ1) is 13.3. The van der Waals surface area contributed by atoms with Gasteiger partial charge in [-0.15, -0.1) is 0 Å². The topological polar surface area (TPSA) is 87.8 Å². The molecular weight excluding hydrogens is 250 g/mol. The average molecular weight is 265 g/mol. The maximum Gasteiger partial charge on any atom is 0.339 e. The molecular formula is C13H15NO5. The van der Waals surface area contributed by atoms with Gasteiger partial charge >= 0.3 is 5.97 Å². The van der Waals surface area contributed by atoms with Crippen molar-refractivity contribution in [1.82, 2.24) is 4.90 Å². The van der Waals surface area contributed by atoms with Crippen LogP contribution in [0.2, 0.25) is 0 Å². The minimum atomic E-state index is -1.08. The number of carboxylic acid groups (broad SMARTS) is 1. The van der Waals surface area contributed by atoms with Crippen LogP contribution in [-0.4, -0.2) is 27.8 Å². The van der Waals surface area contributed by atoms with Crippen molar-refractivity contribution in [2.75, 3.05) is 0 Å². The van der Waals surface area contributed by atoms with Gasteiger partial charge in [0.25, 0.3) is 0 Å². The molecule has 0 saturated carbocycles. The number of imide groups is 1. The van der Waals surface area contributed by atoms with Crippen LogP contribution in [0.4, 0.5) is 0 Å². The molecule has 6 nitrogen and oxygen atoms in total. The molecule has 1 aliphatic heterocycles. The number of carbonyl (C=O) groups is 3. The highest BCUT2D eigenvalue weighted by atomic mass is 16.4. The molecule has 19 heavy (non-hydrogen) atoms. The second-order valence-electron chi connectivity index (χ2n) is 4.57. The van der Waals surface area contributed by atoms with Gasteiger partial charge in [-0.1, -0.05) is 0 Å². The quantitative estimate of drug-likeness (QED) is 0.840. The third-order valence-corrected chi connectivity index (χ3v) is 3.15. The standard InChI is InChI=1S/C13H15NO5/c1-8-10(13(17)18)6-9(19-8)7-14-11(15)4-2-3-5-12(14)16/h6H,2-5,7H2,1H3,(H,17,18). The fourth-order valence-electron chi connectivity index (χ4n) is 2.13. The lowest BCUT2D eigenvalue weighted by Gasteiger charge is -2.16. The molecule has 1 aromatic heterocycles. The summed E-state index contributed by atoms with van der Waals surface area (Å²) in [6.07, 6.45) is 2.10. The molecule has 1 N–H and O–H groups in total. The summed E-state index contributed by atoms with van der Waals surface area (Å²) >= 11 is 0. The molecule has 2 amide bonds. The Morgan fingerprint density at radius 2 is 1.89 bits per heavy atom. The first-order valence-electron chi connectivity index (χ1n) is 6.15. The largest absolute Gasteiger partial charge is 0.478 e. The number of carboxylic acids is 1. The van der Waals surface area contributed by atoms with E-state index in [0.717, 1.165) is 4.90 Å². The third-order valence-electron chi connectivity index (χ3n) is 3.15. The van der Waals surface area contributed by atoms with E-state index in [2.05, 4.69) is 0 Å². The molecule has 6 heteroatoms. The van der Waals surface area contributed by atoms with Gasteiger partial charge in [0.2, 0.25) is 11.8 Å². The molecule has 0 atom stereocenters. The molecule has 1 saturated heterocycles. The minimum Gasteiger partial charge on any atom is -0.478 e. The van der Waals surface area contributed by atoms with Crippen molar-refractivity contribution in [1.29, 1.82) is 0 Å². The van der Waals surface area contributed by atoms with E-state index < -0.39 is 5.97 Å². The van der Waals surface area contributed by atoms with Crippen molar-refractivity contribution in [3.05, 3.63) is 23.2 Å². The summed E-state index contributed by atoms with van der Waals surface area (Å²) in [5, 5.41) is 8.93. The lowest BCUT2D eigenvalue weighted by molar-refractivity contribution is -0.144. The van der Waals surface area contributed by atoms with E-state index in [1.54, 1.807) is 6.92 Å². The van der Waals surface area contributed by atoms with Gasteiger partial charge in [-0.25, -0.2) is 4.79 Å². The molecule has 102 valence electrons. The Morgan fingerprint density at radius 1 is 1.32 bits per heavy atom. The van der Waals surface area contributed by atoms with Crippen LogP contribution in [-0.2, 0) is 16.1 Å². The van der Waals surface area contributed by atoms with Crippen LogP contribution in [0.15, 0.2) is 10.5 Å². The molecule has 0 radical (unpaired) electrons. The molecule has 0 unspecified atom stereocenters. The van der Waals surface area contributed by atoms with Crippen LogP contribution in [0.3, 0.4) is 0 Å². The Kier molecular flexibility index (Phi) is 3.69. The van der Waals surface area contributed by atoms with Crippen molar-refractivity contribution in [3.63, 3.8) is 0 Å². The number of hydrogen-bond donors (Lipinski definition) is 1. The van der Waals surface area contributed by atoms with Crippen LogP contribution in [0, 0.1) is 6.92 Å². The van der Waals surface area contributed by atoms with Crippen molar-refractivity contribution >= 4 is 17.8 Å². The maximum absolute atomic E-state index is 11.8. The van der Waals surface area contributed by atoms with Crippen LogP contribution in [0.1, 0.15) is 47.6 Å². The molecule has 0 aliphatic carbocycles. The van der Waals surface area contributed by atoms with E-state index >= 15 is 0 Å². The predicted molar refractivity (Wildman–Crippen MR) is 64.4 cm³/mol. The van der Waals surface area contributed by atoms with Crippen molar-refractivity contribution in [3.8, 4) is 0 Å². The van der Waals surface area contributed by atoms with Gasteiger partial charge in [-0.3, -0.25) is 14.5 Å². The number of amides is 2. The highest BCUT2D eigenvalue weighted by Crippen LogP contribution is 2.19. The zero-order valence-electron chi connectivity index (χ0n) is 10.6. The van der Waals surface area contributed by atoms with Crippen molar-refractivity contribution in [2.45, 2.75) is 39.2 Å². The average Bonchev–Trinajstić information content (AvgIpc) is 2.64. The summed E-state index contributed by atoms with van der Waals surface area (Å²) in [4.78, 5) is 35.7. The Morgan fingerprint density at radius 3 is 2.37 bits per heavy atom. The summed E-state index contributed by atoms with van der Waals surface area (Å²) in [5.74, 6) is -0.946. The molecule has 0 spiro atoms. The van der Waals surface area contributed by atoms with E-state index in [1.807, 2.05) is 0 Å². The minimum absolute atomic E-state index is 0.00574. The number of rotatable bonds is 3. The van der Waals surface area contributed by atoms with E-state index in [4.69, 9.17) is 9.52 Å². The molecule has 1 aromatic rings. The van der Waals surface area contributed by atoms with E-state index in [9.17, 15) is 14.4 Å². The summed E-state index contributed by atoms with van der Waals surface area (Å²) < 4.78 is 5.29. The summed E-state index contributed by atoms with van der Waals surface area (Å²) in [7, 11) is 0. The number of furan rings is 1. The summed E-state index contributed by atoms with van der Waals surface area (Å²) in [6.45, 7) is 1.55. The van der Waals surface area contributed by atoms with Gasteiger partial charge in [-0.2, -0.15) is 0 Å². The number of aryl methyl sites for hydroxylation is 1. The van der Waals surface area contributed by atoms with E-state index in [0.29, 0.717) is 31.4 Å². The van der Waals surface area contributed by atoms with Gasteiger partial charge in [0, 0.05) is 12.8 Å². The van der Waals surface area contributed by atoms with Crippen molar-refractivity contribution in [2.24, 2.45) is 0 Å². The lowest BCUT2D eigenvalue weighted by Crippen LogP contribution is -2.34. The number of nitrogens with zero attached hydrogens (tertiary/aromatic N) is 1. The Labute approximate surface area is 110 Å². The van der Waals surface area contributed by atoms with Gasteiger partial charge in [-0.05, 0) is 25.8 Å². The number of likely N-dealkylation sites (tertiary alicyclic amines) is 1. The molecule has 2 heterocycles. The molecule has 0 aromatic carbocycles. The first-order chi connectivity index (χ1) is 8.99. The summed E-state index contributed by atoms with van der Waals surface area (Å²) in [5.41, 5.74) is 0.0599. The normalized spacial score (nSPS) is 16.6. The van der Waals surface area contributed by atoms with Gasteiger partial charge in [0.1, 0.15) is 17.1 Å². The Balaban J connectivity index is 2.19. The van der Waals surface area contributed by atoms with Gasteiger partial charge < -0.3 is 9.52 Å². The van der Waals surface area contributed by atoms with Crippen LogP contribution in [0.5, 0.6) is 0 Å². The monoisotopic (exact) mass is 265 g/mol. The Bertz CT molecular complexity index is 513. The third kappa shape index (κ3) is 2.83. The zero-order chi connectivity index (χ0) is 14.0. The number of hydrogen-bond acceptors (Lipinski definition) is 4. The maximum atomic E-state index is 11.8. The number of carbonyl (C=O) groups excluding carboxylic acids is 2. The fourth-order valence-corrected chi connectivity index (χ4v) is 2.13. The molecule has 2 rings (SSSR count). The highest BCUT2D eigenvalue weighted by molar-refractivity contribution is 5.96. The van der Waals surface area contributed by atoms with Crippen LogP contribution >= 0.6 is 0 Å². The zero-order valence-corrected chi connectivity index (χ0v) is 10.6. The first-order valence-corrected chi connectivity index (χ1v) is 6.15. The number of aromatic carboxylic acids is 1. The lowest BCUT2D eigenvalue weighted by atomic mass is 10.2. The summed E-state index contributed by atoms with van der Waals surface area (Å²) in [6, 6.07) is 1.36. The molecule has 0 bridgehead atoms. The SMILES string of the molecule is Cc1oc(CN2C(=O)CCCCC2=O)cc1C(=O)O. The van der Waals surface area contributed by atoms with Gasteiger partial charge in [0.15, 0.2) is 0 Å². The fraction of sp³-hybridized carbons (Fsp3) is 0.462. The second kappa shape index (κ2) is 5.26. The molecule has 1 aliphatic rings. The van der Waals surface area contributed by atoms with Crippen LogP contribution < -0.4 is 0 Å². The molecule has 1 fully saturated rings.